The molecule has 4 nitrogen and oxygen atoms in total. The van der Waals surface area contributed by atoms with Gasteiger partial charge in [-0.2, -0.15) is 4.31 Å². The van der Waals surface area contributed by atoms with Gasteiger partial charge in [0.25, 0.3) is 0 Å². The van der Waals surface area contributed by atoms with Crippen molar-refractivity contribution in [1.29, 1.82) is 0 Å². The number of hydrogen-bond donors (Lipinski definition) is 1. The highest BCUT2D eigenvalue weighted by atomic mass is 32.2. The number of anilines is 1. The van der Waals surface area contributed by atoms with Gasteiger partial charge in [0.1, 0.15) is 0 Å². The van der Waals surface area contributed by atoms with Gasteiger partial charge in [0.05, 0.1) is 4.90 Å². The van der Waals surface area contributed by atoms with Crippen LogP contribution in [0, 0.1) is 11.8 Å². The first-order valence-electron chi connectivity index (χ1n) is 8.05. The monoisotopic (exact) mass is 326 g/mol. The Kier molecular flexibility index (Phi) is 7.36. The lowest BCUT2D eigenvalue weighted by atomic mass is 10.1. The van der Waals surface area contributed by atoms with Crippen LogP contribution in [0.1, 0.15) is 40.5 Å². The molecule has 0 saturated heterocycles. The molecule has 0 heterocycles. The fourth-order valence-electron chi connectivity index (χ4n) is 2.10. The molecule has 0 aliphatic rings. The van der Waals surface area contributed by atoms with Crippen LogP contribution >= 0.6 is 0 Å². The quantitative estimate of drug-likeness (QED) is 0.750. The Morgan fingerprint density at radius 2 is 1.41 bits per heavy atom. The molecule has 0 fully saturated rings. The van der Waals surface area contributed by atoms with Crippen molar-refractivity contribution in [2.75, 3.05) is 25.5 Å². The zero-order chi connectivity index (χ0) is 16.8. The minimum absolute atomic E-state index is 0.374. The molecule has 0 spiro atoms. The molecule has 0 saturated carbocycles. The molecule has 5 heteroatoms. The van der Waals surface area contributed by atoms with E-state index in [1.807, 2.05) is 7.05 Å². The molecule has 0 aliphatic carbocycles. The minimum atomic E-state index is -3.41. The van der Waals surface area contributed by atoms with Gasteiger partial charge in [-0.05, 0) is 48.9 Å². The summed E-state index contributed by atoms with van der Waals surface area (Å²) < 4.78 is 27.4. The number of benzene rings is 1. The van der Waals surface area contributed by atoms with Crippen LogP contribution < -0.4 is 5.32 Å². The van der Waals surface area contributed by atoms with Crippen molar-refractivity contribution < 1.29 is 8.42 Å². The van der Waals surface area contributed by atoms with Gasteiger partial charge in [0, 0.05) is 25.8 Å². The van der Waals surface area contributed by atoms with Crippen molar-refractivity contribution in [2.24, 2.45) is 11.8 Å². The van der Waals surface area contributed by atoms with E-state index < -0.39 is 10.0 Å². The van der Waals surface area contributed by atoms with Crippen molar-refractivity contribution in [2.45, 2.75) is 45.4 Å². The second-order valence-corrected chi connectivity index (χ2v) is 8.48. The summed E-state index contributed by atoms with van der Waals surface area (Å²) in [6.07, 6.45) is 1.76. The maximum absolute atomic E-state index is 12.9. The average Bonchev–Trinajstić information content (AvgIpc) is 2.46. The summed E-state index contributed by atoms with van der Waals surface area (Å²) in [7, 11) is -1.59. The largest absolute Gasteiger partial charge is 0.388 e. The van der Waals surface area contributed by atoms with Crippen molar-refractivity contribution >= 4 is 15.7 Å². The molecule has 1 aromatic rings. The van der Waals surface area contributed by atoms with Crippen molar-refractivity contribution in [3.8, 4) is 0 Å². The number of sulfonamides is 1. The van der Waals surface area contributed by atoms with Crippen LogP contribution in [-0.2, 0) is 10.0 Å². The standard InChI is InChI=1S/C17H30N2O2S/c1-14(2)10-12-19(13-11-15(3)4)22(20,21)17-8-6-16(18-5)7-9-17/h6-9,14-15,18H,10-13H2,1-5H3. The molecule has 1 rings (SSSR count). The topological polar surface area (TPSA) is 49.4 Å². The molecule has 22 heavy (non-hydrogen) atoms. The SMILES string of the molecule is CNc1ccc(S(=O)(=O)N(CCC(C)C)CCC(C)C)cc1. The van der Waals surface area contributed by atoms with Crippen LogP contribution in [0.3, 0.4) is 0 Å². The van der Waals surface area contributed by atoms with E-state index in [2.05, 4.69) is 33.0 Å². The third kappa shape index (κ3) is 5.61. The van der Waals surface area contributed by atoms with Crippen LogP contribution in [0.4, 0.5) is 5.69 Å². The Hall–Kier alpha value is -1.07. The normalized spacial score (nSPS) is 12.4. The Labute approximate surface area is 136 Å². The van der Waals surface area contributed by atoms with Crippen LogP contribution in [0.5, 0.6) is 0 Å². The molecule has 0 atom stereocenters. The van der Waals surface area contributed by atoms with E-state index in [0.29, 0.717) is 29.8 Å². The summed E-state index contributed by atoms with van der Waals surface area (Å²) in [4.78, 5) is 0.374. The van der Waals surface area contributed by atoms with Crippen molar-refractivity contribution in [1.82, 2.24) is 4.31 Å². The van der Waals surface area contributed by atoms with Crippen LogP contribution in [-0.4, -0.2) is 32.9 Å². The summed E-state index contributed by atoms with van der Waals surface area (Å²) in [5.41, 5.74) is 0.912. The summed E-state index contributed by atoms with van der Waals surface area (Å²) in [6.45, 7) is 9.65. The van der Waals surface area contributed by atoms with Crippen molar-refractivity contribution in [3.05, 3.63) is 24.3 Å². The number of hydrogen-bond acceptors (Lipinski definition) is 3. The van der Waals surface area contributed by atoms with Crippen LogP contribution in [0.15, 0.2) is 29.2 Å². The van der Waals surface area contributed by atoms with E-state index in [0.717, 1.165) is 18.5 Å². The number of nitrogens with one attached hydrogen (secondary N) is 1. The Morgan fingerprint density at radius 3 is 1.77 bits per heavy atom. The van der Waals surface area contributed by atoms with Gasteiger partial charge in [-0.15, -0.1) is 0 Å². The molecule has 0 unspecified atom stereocenters. The molecule has 0 aliphatic heterocycles. The van der Waals surface area contributed by atoms with E-state index >= 15 is 0 Å². The predicted molar refractivity (Wildman–Crippen MR) is 93.7 cm³/mol. The van der Waals surface area contributed by atoms with E-state index in [1.165, 1.54) is 0 Å². The summed E-state index contributed by atoms with van der Waals surface area (Å²) in [5.74, 6) is 0.979. The van der Waals surface area contributed by atoms with Gasteiger partial charge >= 0.3 is 0 Å². The maximum Gasteiger partial charge on any atom is 0.243 e. The first kappa shape index (κ1) is 19.0. The highest BCUT2D eigenvalue weighted by Crippen LogP contribution is 2.20. The highest BCUT2D eigenvalue weighted by molar-refractivity contribution is 7.89. The predicted octanol–water partition coefficient (Wildman–Crippen LogP) is 3.81. The fraction of sp³-hybridized carbons (Fsp3) is 0.647. The molecular formula is C17H30N2O2S. The van der Waals surface area contributed by atoms with Gasteiger partial charge in [0.15, 0.2) is 0 Å². The Morgan fingerprint density at radius 1 is 0.955 bits per heavy atom. The Balaban J connectivity index is 2.96. The van der Waals surface area contributed by atoms with Gasteiger partial charge < -0.3 is 5.32 Å². The molecule has 1 N–H and O–H groups in total. The summed E-state index contributed by atoms with van der Waals surface area (Å²) in [5, 5.41) is 3.01. The molecular weight excluding hydrogens is 296 g/mol. The van der Waals surface area contributed by atoms with E-state index in [1.54, 1.807) is 28.6 Å². The highest BCUT2D eigenvalue weighted by Gasteiger charge is 2.24. The second kappa shape index (κ2) is 8.53. The lowest BCUT2D eigenvalue weighted by Gasteiger charge is -2.24. The fourth-order valence-corrected chi connectivity index (χ4v) is 3.57. The van der Waals surface area contributed by atoms with E-state index in [-0.39, 0.29) is 0 Å². The summed E-state index contributed by atoms with van der Waals surface area (Å²) >= 11 is 0. The smallest absolute Gasteiger partial charge is 0.243 e. The minimum Gasteiger partial charge on any atom is -0.388 e. The third-order valence-electron chi connectivity index (χ3n) is 3.69. The summed E-state index contributed by atoms with van der Waals surface area (Å²) in [6, 6.07) is 6.96. The zero-order valence-electron chi connectivity index (χ0n) is 14.5. The second-order valence-electron chi connectivity index (χ2n) is 6.54. The zero-order valence-corrected chi connectivity index (χ0v) is 15.3. The van der Waals surface area contributed by atoms with Crippen LogP contribution in [0.2, 0.25) is 0 Å². The number of rotatable bonds is 9. The van der Waals surface area contributed by atoms with Gasteiger partial charge in [-0.3, -0.25) is 0 Å². The van der Waals surface area contributed by atoms with Gasteiger partial charge in [-0.25, -0.2) is 8.42 Å². The molecule has 1 aromatic carbocycles. The number of nitrogens with zero attached hydrogens (tertiary/aromatic N) is 1. The Bertz CT molecular complexity index is 524. The molecule has 0 amide bonds. The first-order valence-corrected chi connectivity index (χ1v) is 9.49. The third-order valence-corrected chi connectivity index (χ3v) is 5.61. The molecule has 0 aromatic heterocycles. The van der Waals surface area contributed by atoms with Crippen molar-refractivity contribution in [3.63, 3.8) is 0 Å². The first-order chi connectivity index (χ1) is 10.3. The molecule has 126 valence electrons. The average molecular weight is 327 g/mol. The maximum atomic E-state index is 12.9. The van der Waals surface area contributed by atoms with E-state index in [4.69, 9.17) is 0 Å². The van der Waals surface area contributed by atoms with Crippen LogP contribution in [0.25, 0.3) is 0 Å². The van der Waals surface area contributed by atoms with E-state index in [9.17, 15) is 8.42 Å². The lowest BCUT2D eigenvalue weighted by Crippen LogP contribution is -2.34. The lowest BCUT2D eigenvalue weighted by molar-refractivity contribution is 0.357. The molecule has 0 bridgehead atoms. The van der Waals surface area contributed by atoms with Gasteiger partial charge in [-0.1, -0.05) is 27.7 Å². The van der Waals surface area contributed by atoms with Gasteiger partial charge in [0.2, 0.25) is 10.0 Å². The molecule has 0 radical (unpaired) electrons.